The minimum Gasteiger partial charge on any atom is -0.387 e. The largest absolute Gasteiger partial charge is 0.472 e. The standard InChI is InChI=1S/C21H26N10O12P2/c22-16-10-18(26-3-24-16)30(5-28-10)20-14-13(33)9(41-20)2-39-45(36,37)43-15-12(32)8(1-38-7-44(34,35)42-14)40-21(15)31-6-29-11-17(23)25-4-27-19(11)31/h3-6,8-9,12-15,20-21,32-33H,1-2,7H2,(H,34,35)(H,36,37)(H2,22,24,26)(H2,23,25,27)/t8-,9-,12-,13-,14-,15-,20-,21-/m1/s1. The summed E-state index contributed by atoms with van der Waals surface area (Å²) < 4.78 is 62.2. The van der Waals surface area contributed by atoms with Crippen LogP contribution in [-0.4, -0.2) is 115 Å². The Morgan fingerprint density at radius 2 is 1.27 bits per heavy atom. The fraction of sp³-hybridized carbons (Fsp3) is 0.524. The van der Waals surface area contributed by atoms with Crippen molar-refractivity contribution in [3.63, 3.8) is 0 Å². The van der Waals surface area contributed by atoms with Crippen molar-refractivity contribution in [2.75, 3.05) is 31.0 Å². The molecule has 3 fully saturated rings. The highest BCUT2D eigenvalue weighted by molar-refractivity contribution is 7.52. The van der Waals surface area contributed by atoms with Crippen LogP contribution in [-0.2, 0) is 36.9 Å². The minimum absolute atomic E-state index is 0.0423. The van der Waals surface area contributed by atoms with Gasteiger partial charge in [-0.2, -0.15) is 0 Å². The van der Waals surface area contributed by atoms with Crippen LogP contribution < -0.4 is 11.5 Å². The quantitative estimate of drug-likeness (QED) is 0.131. The van der Waals surface area contributed by atoms with Crippen LogP contribution >= 0.6 is 15.4 Å². The molecule has 24 heteroatoms. The lowest BCUT2D eigenvalue weighted by Gasteiger charge is -2.25. The zero-order valence-corrected chi connectivity index (χ0v) is 24.5. The van der Waals surface area contributed by atoms with Crippen molar-refractivity contribution >= 4 is 49.4 Å². The Labute approximate surface area is 251 Å². The highest BCUT2D eigenvalue weighted by Crippen LogP contribution is 2.52. The molecule has 0 saturated carbocycles. The molecule has 8 N–H and O–H groups in total. The number of phosphoric ester groups is 1. The third-order valence-electron chi connectivity index (χ3n) is 7.43. The van der Waals surface area contributed by atoms with E-state index in [1.807, 2.05) is 0 Å². The summed E-state index contributed by atoms with van der Waals surface area (Å²) in [7, 11) is -9.69. The van der Waals surface area contributed by atoms with Crippen molar-refractivity contribution in [1.82, 2.24) is 39.0 Å². The molecule has 4 aromatic heterocycles. The van der Waals surface area contributed by atoms with Gasteiger partial charge in [0.15, 0.2) is 35.4 Å². The lowest BCUT2D eigenvalue weighted by molar-refractivity contribution is -0.0641. The number of imidazole rings is 2. The normalized spacial score (nSPS) is 38.0. The van der Waals surface area contributed by atoms with Gasteiger partial charge in [0.1, 0.15) is 66.7 Å². The predicted octanol–water partition coefficient (Wildman–Crippen LogP) is -1.59. The van der Waals surface area contributed by atoms with Crippen molar-refractivity contribution in [2.45, 2.75) is 49.1 Å². The fourth-order valence-electron chi connectivity index (χ4n) is 5.36. The van der Waals surface area contributed by atoms with Gasteiger partial charge in [0, 0.05) is 0 Å². The Morgan fingerprint density at radius 3 is 1.82 bits per heavy atom. The first-order valence-electron chi connectivity index (χ1n) is 13.2. The van der Waals surface area contributed by atoms with Crippen LogP contribution in [0.3, 0.4) is 0 Å². The number of nitrogen functional groups attached to an aromatic ring is 2. The molecular formula is C21H26N10O12P2. The number of phosphoric acid groups is 1. The van der Waals surface area contributed by atoms with Crippen molar-refractivity contribution in [2.24, 2.45) is 0 Å². The van der Waals surface area contributed by atoms with Gasteiger partial charge in [-0.25, -0.2) is 34.5 Å². The second kappa shape index (κ2) is 11.2. The fourth-order valence-corrected chi connectivity index (χ4v) is 7.29. The topological polar surface area (TPSA) is 310 Å². The number of rotatable bonds is 2. The van der Waals surface area contributed by atoms with Gasteiger partial charge in [0.2, 0.25) is 0 Å². The van der Waals surface area contributed by atoms with Crippen molar-refractivity contribution in [3.8, 4) is 0 Å². The minimum atomic E-state index is -5.04. The van der Waals surface area contributed by atoms with E-state index in [2.05, 4.69) is 29.9 Å². The van der Waals surface area contributed by atoms with E-state index in [0.29, 0.717) is 0 Å². The molecule has 0 aromatic carbocycles. The summed E-state index contributed by atoms with van der Waals surface area (Å²) in [5, 5.41) is 22.2. The molecule has 4 bridgehead atoms. The number of nitrogens with two attached hydrogens (primary N) is 2. The summed E-state index contributed by atoms with van der Waals surface area (Å²) in [6, 6.07) is 0. The first-order valence-corrected chi connectivity index (χ1v) is 16.4. The number of aliphatic hydroxyl groups is 2. The van der Waals surface area contributed by atoms with E-state index in [-0.39, 0.29) is 34.0 Å². The molecule has 10 atom stereocenters. The molecule has 0 amide bonds. The van der Waals surface area contributed by atoms with Crippen molar-refractivity contribution in [3.05, 3.63) is 25.3 Å². The average Bonchev–Trinajstić information content (AvgIpc) is 3.74. The molecule has 242 valence electrons. The summed E-state index contributed by atoms with van der Waals surface area (Å²) in [5.74, 6) is 0.0888. The van der Waals surface area contributed by atoms with E-state index in [9.17, 15) is 29.1 Å². The van der Waals surface area contributed by atoms with E-state index >= 15 is 0 Å². The maximum Gasteiger partial charge on any atom is 0.472 e. The van der Waals surface area contributed by atoms with Crippen molar-refractivity contribution in [1.29, 1.82) is 0 Å². The van der Waals surface area contributed by atoms with Gasteiger partial charge in [-0.3, -0.25) is 27.3 Å². The monoisotopic (exact) mass is 672 g/mol. The van der Waals surface area contributed by atoms with E-state index in [1.54, 1.807) is 0 Å². The molecule has 3 saturated heterocycles. The van der Waals surface area contributed by atoms with E-state index in [4.69, 9.17) is 39.2 Å². The van der Waals surface area contributed by atoms with Crippen LogP contribution in [0.5, 0.6) is 0 Å². The number of nitrogens with zero attached hydrogens (tertiary/aromatic N) is 8. The summed E-state index contributed by atoms with van der Waals surface area (Å²) >= 11 is 0. The van der Waals surface area contributed by atoms with Gasteiger partial charge >= 0.3 is 15.4 Å². The summed E-state index contributed by atoms with van der Waals surface area (Å²) in [6.45, 7) is -1.26. The van der Waals surface area contributed by atoms with Gasteiger partial charge < -0.3 is 45.7 Å². The highest BCUT2D eigenvalue weighted by Gasteiger charge is 2.53. The summed E-state index contributed by atoms with van der Waals surface area (Å²) in [6.07, 6.45) is -7.83. The summed E-state index contributed by atoms with van der Waals surface area (Å²) in [4.78, 5) is 45.7. The second-order valence-electron chi connectivity index (χ2n) is 10.3. The maximum atomic E-state index is 13.2. The van der Waals surface area contributed by atoms with Crippen LogP contribution in [0.15, 0.2) is 25.3 Å². The van der Waals surface area contributed by atoms with Crippen LogP contribution in [0.1, 0.15) is 12.5 Å². The molecule has 22 nitrogen and oxygen atoms in total. The first kappa shape index (κ1) is 30.4. The number of hydrogen-bond donors (Lipinski definition) is 6. The Kier molecular flexibility index (Phi) is 7.59. The number of ether oxygens (including phenoxy) is 3. The zero-order chi connectivity index (χ0) is 31.7. The molecule has 0 radical (unpaired) electrons. The Bertz CT molecular complexity index is 1840. The van der Waals surface area contributed by atoms with Gasteiger partial charge in [0.05, 0.1) is 25.9 Å². The molecule has 2 unspecified atom stereocenters. The van der Waals surface area contributed by atoms with Crippen LogP contribution in [0.4, 0.5) is 11.6 Å². The number of hydrogen-bond acceptors (Lipinski definition) is 18. The van der Waals surface area contributed by atoms with E-state index in [1.165, 1.54) is 21.8 Å². The number of fused-ring (bicyclic) bond motifs is 6. The van der Waals surface area contributed by atoms with Gasteiger partial charge in [-0.15, -0.1) is 0 Å². The highest BCUT2D eigenvalue weighted by atomic mass is 31.2. The van der Waals surface area contributed by atoms with Crippen LogP contribution in [0.2, 0.25) is 0 Å². The molecule has 0 aliphatic carbocycles. The molecule has 45 heavy (non-hydrogen) atoms. The second-order valence-corrected chi connectivity index (χ2v) is 13.5. The van der Waals surface area contributed by atoms with Gasteiger partial charge in [-0.1, -0.05) is 0 Å². The molecular weight excluding hydrogens is 646 g/mol. The van der Waals surface area contributed by atoms with Gasteiger partial charge in [0.25, 0.3) is 0 Å². The predicted molar refractivity (Wildman–Crippen MR) is 145 cm³/mol. The lowest BCUT2D eigenvalue weighted by Crippen LogP contribution is -2.36. The Hall–Kier alpha value is -3.24. The molecule has 3 aliphatic rings. The van der Waals surface area contributed by atoms with E-state index in [0.717, 1.165) is 12.7 Å². The average molecular weight is 672 g/mol. The van der Waals surface area contributed by atoms with E-state index < -0.39 is 84.1 Å². The number of aromatic nitrogens is 8. The maximum absolute atomic E-state index is 13.2. The summed E-state index contributed by atoms with van der Waals surface area (Å²) in [5.41, 5.74) is 12.4. The third-order valence-corrected chi connectivity index (χ3v) is 9.49. The van der Waals surface area contributed by atoms with Crippen molar-refractivity contribution < 1.29 is 56.9 Å². The Morgan fingerprint density at radius 1 is 0.756 bits per heavy atom. The Balaban J connectivity index is 1.21. The first-order chi connectivity index (χ1) is 21.4. The lowest BCUT2D eigenvalue weighted by atomic mass is 10.1. The SMILES string of the molecule is Nc1ncnc2c1ncn2[C@@H]1O[C@@H]2COP(=O)(O)O[C@@H]3[C@H](O)[C@@H](COCP(=O)(O)O[C@@H]1[C@@H]2O)O[C@H]3n1cnc2c(N)ncnc21. The molecule has 4 aromatic rings. The third kappa shape index (κ3) is 5.47. The smallest absolute Gasteiger partial charge is 0.387 e. The molecule has 0 spiro atoms. The van der Waals surface area contributed by atoms with Gasteiger partial charge in [-0.05, 0) is 0 Å². The van der Waals surface area contributed by atoms with Crippen LogP contribution in [0.25, 0.3) is 22.3 Å². The number of aliphatic hydroxyl groups excluding tert-OH is 2. The molecule has 3 aliphatic heterocycles. The van der Waals surface area contributed by atoms with Crippen LogP contribution in [0, 0.1) is 0 Å². The number of anilines is 2. The molecule has 7 heterocycles. The molecule has 7 rings (SSSR count). The zero-order valence-electron chi connectivity index (χ0n) is 22.7.